The Morgan fingerprint density at radius 2 is 1.74 bits per heavy atom. The summed E-state index contributed by atoms with van der Waals surface area (Å²) in [6, 6.07) is 8.37. The Balaban J connectivity index is 1.75. The number of rotatable bonds is 6. The zero-order valence-electron chi connectivity index (χ0n) is 12.2. The van der Waals surface area contributed by atoms with Gasteiger partial charge in [0.15, 0.2) is 0 Å². The zero-order valence-corrected chi connectivity index (χ0v) is 12.2. The minimum Gasteiger partial charge on any atom is -0.494 e. The number of hydrogen-bond donors (Lipinski definition) is 1. The lowest BCUT2D eigenvalue weighted by Gasteiger charge is -2.16. The van der Waals surface area contributed by atoms with E-state index in [0.29, 0.717) is 0 Å². The van der Waals surface area contributed by atoms with Gasteiger partial charge in [-0.25, -0.2) is 0 Å². The highest BCUT2D eigenvalue weighted by molar-refractivity contribution is 5.46. The Kier molecular flexibility index (Phi) is 6.06. The van der Waals surface area contributed by atoms with Crippen LogP contribution < -0.4 is 10.1 Å². The van der Waals surface area contributed by atoms with E-state index in [2.05, 4.69) is 36.5 Å². The van der Waals surface area contributed by atoms with E-state index in [4.69, 9.17) is 4.74 Å². The van der Waals surface area contributed by atoms with E-state index in [1.807, 2.05) is 0 Å². The van der Waals surface area contributed by atoms with Gasteiger partial charge in [0.2, 0.25) is 0 Å². The van der Waals surface area contributed by atoms with Gasteiger partial charge in [0.05, 0.1) is 6.61 Å². The van der Waals surface area contributed by atoms with Crippen LogP contribution in [0.15, 0.2) is 24.3 Å². The van der Waals surface area contributed by atoms with Gasteiger partial charge in [-0.15, -0.1) is 0 Å². The third-order valence-corrected chi connectivity index (χ3v) is 3.90. The Labute approximate surface area is 117 Å². The summed E-state index contributed by atoms with van der Waals surface area (Å²) >= 11 is 0. The summed E-state index contributed by atoms with van der Waals surface area (Å²) in [6.07, 6.45) is 9.53. The molecule has 2 heteroatoms. The van der Waals surface area contributed by atoms with Crippen LogP contribution in [0.2, 0.25) is 0 Å². The Bertz CT molecular complexity index is 339. The monoisotopic (exact) mass is 261 g/mol. The fraction of sp³-hybridized carbons (Fsp3) is 0.647. The average Bonchev–Trinajstić information content (AvgIpc) is 2.72. The summed E-state index contributed by atoms with van der Waals surface area (Å²) in [5, 5.41) is 3.57. The molecule has 0 aromatic heterocycles. The second kappa shape index (κ2) is 8.08. The molecular weight excluding hydrogens is 234 g/mol. The topological polar surface area (TPSA) is 21.3 Å². The minimum absolute atomic E-state index is 0.800. The molecule has 19 heavy (non-hydrogen) atoms. The summed E-state index contributed by atoms with van der Waals surface area (Å²) in [7, 11) is 0. The summed E-state index contributed by atoms with van der Waals surface area (Å²) in [5.41, 5.74) is 1.22. The molecular formula is C17H27NO. The molecule has 2 rings (SSSR count). The first-order valence-corrected chi connectivity index (χ1v) is 7.85. The molecule has 106 valence electrons. The normalized spacial score (nSPS) is 16.9. The first kappa shape index (κ1) is 14.2. The van der Waals surface area contributed by atoms with Crippen LogP contribution in [0.4, 0.5) is 5.69 Å². The first-order valence-electron chi connectivity index (χ1n) is 7.85. The second-order valence-corrected chi connectivity index (χ2v) is 5.61. The van der Waals surface area contributed by atoms with Crippen molar-refractivity contribution in [1.82, 2.24) is 0 Å². The Morgan fingerprint density at radius 1 is 1.05 bits per heavy atom. The Hall–Kier alpha value is -1.18. The summed E-state index contributed by atoms with van der Waals surface area (Å²) in [4.78, 5) is 0. The van der Waals surface area contributed by atoms with Gasteiger partial charge in [-0.1, -0.05) is 32.6 Å². The number of hydrogen-bond acceptors (Lipinski definition) is 2. The van der Waals surface area contributed by atoms with E-state index >= 15 is 0 Å². The van der Waals surface area contributed by atoms with Crippen molar-refractivity contribution in [3.8, 4) is 5.75 Å². The second-order valence-electron chi connectivity index (χ2n) is 5.61. The molecule has 0 spiro atoms. The maximum Gasteiger partial charge on any atom is 0.119 e. The van der Waals surface area contributed by atoms with Gasteiger partial charge < -0.3 is 10.1 Å². The fourth-order valence-corrected chi connectivity index (χ4v) is 2.72. The first-order chi connectivity index (χ1) is 9.38. The van der Waals surface area contributed by atoms with Gasteiger partial charge in [0.1, 0.15) is 5.75 Å². The van der Waals surface area contributed by atoms with Crippen LogP contribution in [0.5, 0.6) is 5.75 Å². The van der Waals surface area contributed by atoms with Gasteiger partial charge >= 0.3 is 0 Å². The maximum atomic E-state index is 5.59. The molecule has 0 unspecified atom stereocenters. The molecule has 0 atom stereocenters. The third kappa shape index (κ3) is 5.14. The molecule has 1 aliphatic rings. The molecule has 1 aromatic rings. The zero-order chi connectivity index (χ0) is 13.3. The quantitative estimate of drug-likeness (QED) is 0.738. The predicted molar refractivity (Wildman–Crippen MR) is 81.9 cm³/mol. The van der Waals surface area contributed by atoms with Gasteiger partial charge in [-0.2, -0.15) is 0 Å². The lowest BCUT2D eigenvalue weighted by atomic mass is 10.0. The van der Waals surface area contributed by atoms with Crippen molar-refractivity contribution < 1.29 is 4.74 Å². The summed E-state index contributed by atoms with van der Waals surface area (Å²) in [6.45, 7) is 4.05. The molecule has 0 amide bonds. The minimum atomic E-state index is 0.800. The molecule has 0 saturated heterocycles. The molecule has 2 nitrogen and oxygen atoms in total. The lowest BCUT2D eigenvalue weighted by Crippen LogP contribution is -2.13. The highest BCUT2D eigenvalue weighted by atomic mass is 16.5. The van der Waals surface area contributed by atoms with Crippen molar-refractivity contribution >= 4 is 5.69 Å². The average molecular weight is 261 g/mol. The molecule has 0 heterocycles. The molecule has 1 N–H and O–H groups in total. The lowest BCUT2D eigenvalue weighted by molar-refractivity contribution is 0.317. The maximum absolute atomic E-state index is 5.59. The van der Waals surface area contributed by atoms with Crippen molar-refractivity contribution in [3.05, 3.63) is 24.3 Å². The summed E-state index contributed by atoms with van der Waals surface area (Å²) < 4.78 is 5.59. The smallest absolute Gasteiger partial charge is 0.119 e. The van der Waals surface area contributed by atoms with Gasteiger partial charge in [0.25, 0.3) is 0 Å². The van der Waals surface area contributed by atoms with Crippen LogP contribution in [0.25, 0.3) is 0 Å². The Morgan fingerprint density at radius 3 is 2.37 bits per heavy atom. The molecule has 1 fully saturated rings. The number of anilines is 1. The van der Waals surface area contributed by atoms with E-state index < -0.39 is 0 Å². The van der Waals surface area contributed by atoms with Gasteiger partial charge in [0, 0.05) is 12.2 Å². The van der Waals surface area contributed by atoms with Gasteiger partial charge in [-0.05, 0) is 49.4 Å². The summed E-state index contributed by atoms with van der Waals surface area (Å²) in [5.74, 6) is 1.83. The predicted octanol–water partition coefficient (Wildman–Crippen LogP) is 4.86. The van der Waals surface area contributed by atoms with Crippen molar-refractivity contribution in [3.63, 3.8) is 0 Å². The number of benzene rings is 1. The SMILES string of the molecule is CCCOc1ccc(NCC2CCCCCC2)cc1. The highest BCUT2D eigenvalue weighted by Crippen LogP contribution is 2.23. The molecule has 0 bridgehead atoms. The molecule has 1 aliphatic carbocycles. The standard InChI is InChI=1S/C17H27NO/c1-2-13-19-17-11-9-16(10-12-17)18-14-15-7-5-3-4-6-8-15/h9-12,15,18H,2-8,13-14H2,1H3. The van der Waals surface area contributed by atoms with E-state index in [1.54, 1.807) is 0 Å². The number of nitrogens with one attached hydrogen (secondary N) is 1. The van der Waals surface area contributed by atoms with Crippen molar-refractivity contribution in [2.75, 3.05) is 18.5 Å². The van der Waals surface area contributed by atoms with E-state index in [9.17, 15) is 0 Å². The van der Waals surface area contributed by atoms with Crippen LogP contribution in [-0.2, 0) is 0 Å². The van der Waals surface area contributed by atoms with Crippen molar-refractivity contribution in [2.45, 2.75) is 51.9 Å². The highest BCUT2D eigenvalue weighted by Gasteiger charge is 2.11. The van der Waals surface area contributed by atoms with E-state index in [-0.39, 0.29) is 0 Å². The molecule has 1 aromatic carbocycles. The van der Waals surface area contributed by atoms with Crippen LogP contribution in [0, 0.1) is 5.92 Å². The molecule has 0 radical (unpaired) electrons. The van der Waals surface area contributed by atoms with Gasteiger partial charge in [-0.3, -0.25) is 0 Å². The fourth-order valence-electron chi connectivity index (χ4n) is 2.72. The largest absolute Gasteiger partial charge is 0.494 e. The van der Waals surface area contributed by atoms with Crippen LogP contribution in [0.1, 0.15) is 51.9 Å². The van der Waals surface area contributed by atoms with E-state index in [0.717, 1.165) is 31.2 Å². The molecule has 1 saturated carbocycles. The molecule has 0 aliphatic heterocycles. The van der Waals surface area contributed by atoms with Crippen LogP contribution in [-0.4, -0.2) is 13.2 Å². The third-order valence-electron chi connectivity index (χ3n) is 3.90. The van der Waals surface area contributed by atoms with Crippen LogP contribution in [0.3, 0.4) is 0 Å². The van der Waals surface area contributed by atoms with Crippen LogP contribution >= 0.6 is 0 Å². The number of ether oxygens (including phenoxy) is 1. The van der Waals surface area contributed by atoms with Crippen molar-refractivity contribution in [2.24, 2.45) is 5.92 Å². The van der Waals surface area contributed by atoms with Crippen molar-refractivity contribution in [1.29, 1.82) is 0 Å². The van der Waals surface area contributed by atoms with E-state index in [1.165, 1.54) is 44.2 Å².